The van der Waals surface area contributed by atoms with Crippen LogP contribution in [0.1, 0.15) is 5.56 Å². The number of nitrogens with zero attached hydrogens (tertiary/aromatic N) is 4. The molecule has 0 spiro atoms. The Labute approximate surface area is 158 Å². The van der Waals surface area contributed by atoms with Gasteiger partial charge in [-0.1, -0.05) is 11.6 Å². The van der Waals surface area contributed by atoms with Gasteiger partial charge in [0.25, 0.3) is 0 Å². The Bertz CT molecular complexity index is 1300. The van der Waals surface area contributed by atoms with E-state index in [9.17, 15) is 4.39 Å². The van der Waals surface area contributed by atoms with Gasteiger partial charge in [-0.2, -0.15) is 5.10 Å². The Morgan fingerprint density at radius 3 is 2.74 bits per heavy atom. The lowest BCUT2D eigenvalue weighted by atomic mass is 10.0. The first-order valence-corrected chi connectivity index (χ1v) is 8.74. The van der Waals surface area contributed by atoms with Crippen LogP contribution in [0.2, 0.25) is 5.15 Å². The molecular weight excluding hydrogens is 365 g/mol. The van der Waals surface area contributed by atoms with Crippen LogP contribution in [0.25, 0.3) is 39.2 Å². The van der Waals surface area contributed by atoms with E-state index in [1.165, 1.54) is 12.1 Å². The molecule has 1 N–H and O–H groups in total. The van der Waals surface area contributed by atoms with Crippen LogP contribution in [0.3, 0.4) is 0 Å². The number of aromatic amines is 1. The van der Waals surface area contributed by atoms with Crippen LogP contribution in [0, 0.1) is 12.7 Å². The van der Waals surface area contributed by atoms with Crippen molar-refractivity contribution >= 4 is 28.3 Å². The van der Waals surface area contributed by atoms with Gasteiger partial charge < -0.3 is 4.98 Å². The predicted octanol–water partition coefficient (Wildman–Crippen LogP) is 5.04. The monoisotopic (exact) mass is 377 g/mol. The summed E-state index contributed by atoms with van der Waals surface area (Å²) in [6.45, 7) is 1.94. The fourth-order valence-electron chi connectivity index (χ4n) is 3.35. The number of aryl methyl sites for hydroxylation is 1. The number of rotatable bonds is 2. The zero-order valence-corrected chi connectivity index (χ0v) is 15.0. The van der Waals surface area contributed by atoms with E-state index in [4.69, 9.17) is 16.6 Å². The molecule has 4 aromatic heterocycles. The lowest BCUT2D eigenvalue weighted by molar-refractivity contribution is 0.628. The van der Waals surface area contributed by atoms with E-state index in [1.54, 1.807) is 28.9 Å². The minimum atomic E-state index is -0.293. The predicted molar refractivity (Wildman–Crippen MR) is 103 cm³/mol. The number of pyridine rings is 1. The van der Waals surface area contributed by atoms with Crippen molar-refractivity contribution in [3.63, 3.8) is 0 Å². The van der Waals surface area contributed by atoms with Gasteiger partial charge in [-0.3, -0.25) is 0 Å². The summed E-state index contributed by atoms with van der Waals surface area (Å²) in [7, 11) is 0. The third-order valence-corrected chi connectivity index (χ3v) is 4.76. The van der Waals surface area contributed by atoms with Crippen molar-refractivity contribution in [1.29, 1.82) is 0 Å². The molecule has 0 amide bonds. The van der Waals surface area contributed by atoms with E-state index in [1.807, 2.05) is 25.3 Å². The van der Waals surface area contributed by atoms with Crippen LogP contribution in [0.15, 0.2) is 54.9 Å². The molecule has 1 aromatic carbocycles. The topological polar surface area (TPSA) is 58.9 Å². The normalized spacial score (nSPS) is 11.5. The second-order valence-corrected chi connectivity index (χ2v) is 6.69. The maximum absolute atomic E-state index is 13.4. The van der Waals surface area contributed by atoms with Gasteiger partial charge in [0.15, 0.2) is 5.65 Å². The summed E-state index contributed by atoms with van der Waals surface area (Å²) in [5, 5.41) is 5.81. The third-order valence-electron chi connectivity index (χ3n) is 4.57. The number of aromatic nitrogens is 5. The van der Waals surface area contributed by atoms with E-state index in [0.717, 1.165) is 33.4 Å². The molecule has 7 heteroatoms. The van der Waals surface area contributed by atoms with Crippen LogP contribution in [-0.4, -0.2) is 24.6 Å². The summed E-state index contributed by atoms with van der Waals surface area (Å²) >= 11 is 6.23. The SMILES string of the molecule is Cc1cc(Cl)nn2c(-c3ccnc4[nH]ccc34)c(-c3ccc(F)cc3)nc12. The summed E-state index contributed by atoms with van der Waals surface area (Å²) in [4.78, 5) is 12.3. The largest absolute Gasteiger partial charge is 0.346 e. The highest BCUT2D eigenvalue weighted by Crippen LogP contribution is 2.36. The fraction of sp³-hybridized carbons (Fsp3) is 0.0500. The van der Waals surface area contributed by atoms with Gasteiger partial charge >= 0.3 is 0 Å². The van der Waals surface area contributed by atoms with Crippen LogP contribution in [0.4, 0.5) is 4.39 Å². The number of imidazole rings is 1. The summed E-state index contributed by atoms with van der Waals surface area (Å²) in [6.07, 6.45) is 3.58. The van der Waals surface area contributed by atoms with E-state index in [2.05, 4.69) is 15.1 Å². The molecular formula is C20H13ClFN5. The molecule has 27 heavy (non-hydrogen) atoms. The van der Waals surface area contributed by atoms with E-state index in [-0.39, 0.29) is 5.82 Å². The Morgan fingerprint density at radius 1 is 1.11 bits per heavy atom. The lowest BCUT2D eigenvalue weighted by Crippen LogP contribution is -1.97. The average molecular weight is 378 g/mol. The summed E-state index contributed by atoms with van der Waals surface area (Å²) in [5.41, 5.74) is 5.59. The van der Waals surface area contributed by atoms with Gasteiger partial charge in [-0.05, 0) is 55.0 Å². The smallest absolute Gasteiger partial charge is 0.157 e. The molecule has 0 aliphatic rings. The molecule has 0 saturated heterocycles. The number of hydrogen-bond donors (Lipinski definition) is 1. The van der Waals surface area contributed by atoms with Crippen molar-refractivity contribution in [2.75, 3.05) is 0 Å². The summed E-state index contributed by atoms with van der Waals surface area (Å²) < 4.78 is 15.2. The fourth-order valence-corrected chi connectivity index (χ4v) is 3.59. The summed E-state index contributed by atoms with van der Waals surface area (Å²) in [6, 6.07) is 11.9. The standard InChI is InChI=1S/C20H13ClFN5/c1-11-10-16(21)26-27-18(14-6-8-23-19-15(14)7-9-24-19)17(25-20(11)27)12-2-4-13(22)5-3-12/h2-10H,1H3,(H,23,24). The highest BCUT2D eigenvalue weighted by atomic mass is 35.5. The quantitative estimate of drug-likeness (QED) is 0.469. The number of hydrogen-bond acceptors (Lipinski definition) is 3. The number of fused-ring (bicyclic) bond motifs is 2. The summed E-state index contributed by atoms with van der Waals surface area (Å²) in [5.74, 6) is -0.293. The molecule has 0 bridgehead atoms. The number of H-pyrrole nitrogens is 1. The molecule has 0 radical (unpaired) electrons. The Kier molecular flexibility index (Phi) is 3.48. The number of benzene rings is 1. The minimum absolute atomic E-state index is 0.293. The van der Waals surface area contributed by atoms with E-state index < -0.39 is 0 Å². The minimum Gasteiger partial charge on any atom is -0.346 e. The number of halogens is 2. The van der Waals surface area contributed by atoms with Crippen LogP contribution < -0.4 is 0 Å². The van der Waals surface area contributed by atoms with E-state index in [0.29, 0.717) is 16.5 Å². The van der Waals surface area contributed by atoms with Crippen molar-refractivity contribution < 1.29 is 4.39 Å². The van der Waals surface area contributed by atoms with Gasteiger partial charge in [0.2, 0.25) is 0 Å². The van der Waals surface area contributed by atoms with Crippen molar-refractivity contribution in [3.05, 3.63) is 71.4 Å². The van der Waals surface area contributed by atoms with Gasteiger partial charge in [0, 0.05) is 28.9 Å². The molecule has 0 saturated carbocycles. The highest BCUT2D eigenvalue weighted by Gasteiger charge is 2.21. The van der Waals surface area contributed by atoms with Crippen LogP contribution >= 0.6 is 11.6 Å². The van der Waals surface area contributed by atoms with Crippen molar-refractivity contribution in [3.8, 4) is 22.5 Å². The molecule has 5 rings (SSSR count). The Hall–Kier alpha value is -3.25. The second-order valence-electron chi connectivity index (χ2n) is 6.30. The van der Waals surface area contributed by atoms with Gasteiger partial charge in [0.1, 0.15) is 22.3 Å². The van der Waals surface area contributed by atoms with Crippen LogP contribution in [0.5, 0.6) is 0 Å². The number of nitrogens with one attached hydrogen (secondary N) is 1. The van der Waals surface area contributed by atoms with E-state index >= 15 is 0 Å². The molecule has 5 aromatic rings. The molecule has 132 valence electrons. The van der Waals surface area contributed by atoms with Gasteiger partial charge in [-0.15, -0.1) is 0 Å². The third kappa shape index (κ3) is 2.49. The lowest BCUT2D eigenvalue weighted by Gasteiger charge is -2.07. The van der Waals surface area contributed by atoms with Crippen LogP contribution in [-0.2, 0) is 0 Å². The average Bonchev–Trinajstić information content (AvgIpc) is 3.27. The first-order valence-electron chi connectivity index (χ1n) is 8.36. The molecule has 0 unspecified atom stereocenters. The second kappa shape index (κ2) is 5.89. The Balaban J connectivity index is 1.93. The zero-order chi connectivity index (χ0) is 18.5. The van der Waals surface area contributed by atoms with Crippen molar-refractivity contribution in [2.24, 2.45) is 0 Å². The van der Waals surface area contributed by atoms with Crippen molar-refractivity contribution in [2.45, 2.75) is 6.92 Å². The molecule has 0 atom stereocenters. The molecule has 0 aliphatic heterocycles. The zero-order valence-electron chi connectivity index (χ0n) is 14.2. The highest BCUT2D eigenvalue weighted by molar-refractivity contribution is 6.29. The first-order chi connectivity index (χ1) is 13.1. The first kappa shape index (κ1) is 16.0. The molecule has 0 aliphatic carbocycles. The van der Waals surface area contributed by atoms with Crippen molar-refractivity contribution in [1.82, 2.24) is 24.6 Å². The molecule has 5 nitrogen and oxygen atoms in total. The maximum Gasteiger partial charge on any atom is 0.157 e. The van der Waals surface area contributed by atoms with Gasteiger partial charge in [0.05, 0.1) is 5.69 Å². The van der Waals surface area contributed by atoms with Gasteiger partial charge in [-0.25, -0.2) is 18.9 Å². The Morgan fingerprint density at radius 2 is 1.93 bits per heavy atom. The maximum atomic E-state index is 13.4. The molecule has 4 heterocycles. The molecule has 0 fully saturated rings.